The molecular weight excluding hydrogens is 657 g/mol. The fraction of sp³-hybridized carbons (Fsp3) is 0.632. The first-order chi connectivity index (χ1) is 24.1. The third-order valence-electron chi connectivity index (χ3n) is 8.44. The average Bonchev–Trinajstić information content (AvgIpc) is 3.35. The quantitative estimate of drug-likeness (QED) is 0.423. The van der Waals surface area contributed by atoms with Crippen LogP contribution in [-0.4, -0.2) is 128 Å². The number of aliphatic hydroxyl groups is 1. The van der Waals surface area contributed by atoms with E-state index in [1.54, 1.807) is 21.9 Å². The molecule has 0 spiro atoms. The first kappa shape index (κ1) is 43.5. The first-order valence-electron chi connectivity index (χ1n) is 17.7. The highest BCUT2D eigenvalue weighted by Gasteiger charge is 2.41. The summed E-state index contributed by atoms with van der Waals surface area (Å²) in [7, 11) is 3.43. The van der Waals surface area contributed by atoms with Crippen molar-refractivity contribution in [1.29, 1.82) is 0 Å². The Morgan fingerprint density at radius 2 is 1.71 bits per heavy atom. The van der Waals surface area contributed by atoms with Gasteiger partial charge in [0.15, 0.2) is 0 Å². The number of rotatable bonds is 6. The number of anilines is 1. The Bertz CT molecular complexity index is 1390. The third kappa shape index (κ3) is 13.4. The molecule has 0 saturated carbocycles. The second-order valence-electron chi connectivity index (χ2n) is 14.3. The molecule has 12 nitrogen and oxygen atoms in total. The van der Waals surface area contributed by atoms with Crippen LogP contribution in [0.4, 0.5) is 14.9 Å². The second kappa shape index (κ2) is 20.4. The number of aliphatic hydroxyl groups excluding tert-OH is 1. The van der Waals surface area contributed by atoms with Crippen molar-refractivity contribution in [1.82, 2.24) is 19.7 Å². The molecule has 13 heteroatoms. The lowest BCUT2D eigenvalue weighted by atomic mass is 9.90. The van der Waals surface area contributed by atoms with E-state index in [9.17, 15) is 19.1 Å². The zero-order chi connectivity index (χ0) is 38.4. The van der Waals surface area contributed by atoms with Gasteiger partial charge in [0.1, 0.15) is 11.4 Å². The number of carbonyl (C=O) groups is 3. The third-order valence-corrected chi connectivity index (χ3v) is 8.44. The molecule has 1 unspecified atom stereocenters. The van der Waals surface area contributed by atoms with Gasteiger partial charge in [-0.05, 0) is 70.5 Å². The van der Waals surface area contributed by atoms with E-state index in [1.165, 1.54) is 19.2 Å². The van der Waals surface area contributed by atoms with Crippen LogP contribution in [0.25, 0.3) is 0 Å². The molecule has 3 aliphatic rings. The number of pyridine rings is 1. The number of morpholine rings is 1. The summed E-state index contributed by atoms with van der Waals surface area (Å²) in [5, 5.41) is 10.0. The van der Waals surface area contributed by atoms with Gasteiger partial charge in [0.25, 0.3) is 6.47 Å². The van der Waals surface area contributed by atoms with Gasteiger partial charge in [-0.3, -0.25) is 19.5 Å². The fourth-order valence-corrected chi connectivity index (χ4v) is 5.87. The van der Waals surface area contributed by atoms with Gasteiger partial charge < -0.3 is 34.0 Å². The Morgan fingerprint density at radius 1 is 1.10 bits per heavy atom. The largest absolute Gasteiger partial charge is 0.471 e. The number of benzene rings is 1. The molecule has 2 amide bonds. The molecule has 2 aromatic rings. The van der Waals surface area contributed by atoms with E-state index in [1.807, 2.05) is 47.6 Å². The number of methoxy groups -OCH3 is 1. The summed E-state index contributed by atoms with van der Waals surface area (Å²) in [6.45, 7) is 22.2. The molecule has 3 aliphatic heterocycles. The van der Waals surface area contributed by atoms with Crippen molar-refractivity contribution in [2.24, 2.45) is 0 Å². The van der Waals surface area contributed by atoms with Crippen LogP contribution in [-0.2, 0) is 42.2 Å². The minimum Gasteiger partial charge on any atom is -0.471 e. The Labute approximate surface area is 303 Å². The van der Waals surface area contributed by atoms with E-state index in [-0.39, 0.29) is 42.4 Å². The molecule has 0 radical (unpaired) electrons. The number of carbonyl (C=O) groups excluding carboxylic acids is 3. The highest BCUT2D eigenvalue weighted by atomic mass is 19.1. The van der Waals surface area contributed by atoms with E-state index in [4.69, 9.17) is 19.3 Å². The summed E-state index contributed by atoms with van der Waals surface area (Å²) in [6.07, 6.45) is 0.147. The molecule has 4 heterocycles. The average molecular weight is 718 g/mol. The number of halogens is 1. The number of nitrogens with zero attached hydrogens (tertiary/aromatic N) is 5. The number of hydrogen-bond acceptors (Lipinski definition) is 10. The zero-order valence-corrected chi connectivity index (χ0v) is 32.3. The normalized spacial score (nSPS) is 18.5. The Balaban J connectivity index is 0.000000589. The van der Waals surface area contributed by atoms with Crippen LogP contribution in [0.5, 0.6) is 0 Å². The smallest absolute Gasteiger partial charge is 0.410 e. The number of amides is 2. The second-order valence-corrected chi connectivity index (χ2v) is 14.3. The predicted octanol–water partition coefficient (Wildman–Crippen LogP) is 4.63. The van der Waals surface area contributed by atoms with Crippen molar-refractivity contribution in [3.8, 4) is 0 Å². The SMILES string of the molecule is CC.CC1CN(CC(=O)N2CC(C)(C)c3nc(CO)c(Cc4ccc(F)cc4)cc32)CCN1C(=O)OC(C)(C)C.CN1CCOCC1.COC=O. The van der Waals surface area contributed by atoms with Crippen molar-refractivity contribution in [3.63, 3.8) is 0 Å². The predicted molar refractivity (Wildman–Crippen MR) is 196 cm³/mol. The van der Waals surface area contributed by atoms with Crippen LogP contribution in [0.2, 0.25) is 0 Å². The van der Waals surface area contributed by atoms with Crippen molar-refractivity contribution in [2.45, 2.75) is 85.5 Å². The Morgan fingerprint density at radius 3 is 2.20 bits per heavy atom. The molecule has 0 bridgehead atoms. The molecule has 51 heavy (non-hydrogen) atoms. The number of fused-ring (bicyclic) bond motifs is 1. The Hall–Kier alpha value is -3.65. The summed E-state index contributed by atoms with van der Waals surface area (Å²) >= 11 is 0. The van der Waals surface area contributed by atoms with E-state index >= 15 is 0 Å². The summed E-state index contributed by atoms with van der Waals surface area (Å²) in [6, 6.07) is 8.13. The van der Waals surface area contributed by atoms with Crippen LogP contribution in [0.3, 0.4) is 0 Å². The van der Waals surface area contributed by atoms with Gasteiger partial charge in [0.2, 0.25) is 5.91 Å². The lowest BCUT2D eigenvalue weighted by molar-refractivity contribution is -0.126. The van der Waals surface area contributed by atoms with Gasteiger partial charge in [-0.2, -0.15) is 0 Å². The highest BCUT2D eigenvalue weighted by molar-refractivity contribution is 5.97. The van der Waals surface area contributed by atoms with Crippen molar-refractivity contribution in [3.05, 3.63) is 58.7 Å². The molecular formula is C38H60FN5O7. The Kier molecular flexibility index (Phi) is 17.4. The van der Waals surface area contributed by atoms with Crippen LogP contribution >= 0.6 is 0 Å². The number of piperazine rings is 1. The molecule has 1 aromatic heterocycles. The van der Waals surface area contributed by atoms with E-state index in [0.717, 1.165) is 48.8 Å². The number of hydrogen-bond donors (Lipinski definition) is 1. The van der Waals surface area contributed by atoms with Gasteiger partial charge >= 0.3 is 6.09 Å². The fourth-order valence-electron chi connectivity index (χ4n) is 5.87. The summed E-state index contributed by atoms with van der Waals surface area (Å²) in [4.78, 5) is 47.8. The molecule has 1 N–H and O–H groups in total. The molecule has 1 aromatic carbocycles. The minimum absolute atomic E-state index is 0.0268. The van der Waals surface area contributed by atoms with Crippen molar-refractivity contribution < 1.29 is 38.1 Å². The highest BCUT2D eigenvalue weighted by Crippen LogP contribution is 2.40. The summed E-state index contributed by atoms with van der Waals surface area (Å²) in [5.74, 6) is -0.330. The lowest BCUT2D eigenvalue weighted by Gasteiger charge is -2.40. The van der Waals surface area contributed by atoms with Crippen LogP contribution < -0.4 is 4.90 Å². The van der Waals surface area contributed by atoms with E-state index in [0.29, 0.717) is 44.8 Å². The summed E-state index contributed by atoms with van der Waals surface area (Å²) in [5.41, 5.74) is 2.91. The minimum atomic E-state index is -0.556. The van der Waals surface area contributed by atoms with Gasteiger partial charge in [-0.25, -0.2) is 9.18 Å². The zero-order valence-electron chi connectivity index (χ0n) is 32.3. The number of likely N-dealkylation sites (N-methyl/N-ethyl adjacent to an activating group) is 1. The molecule has 2 saturated heterocycles. The van der Waals surface area contributed by atoms with Crippen LogP contribution in [0.15, 0.2) is 30.3 Å². The summed E-state index contributed by atoms with van der Waals surface area (Å²) < 4.78 is 27.9. The van der Waals surface area contributed by atoms with Crippen molar-refractivity contribution >= 4 is 24.2 Å². The van der Waals surface area contributed by atoms with Gasteiger partial charge in [-0.1, -0.05) is 39.8 Å². The van der Waals surface area contributed by atoms with Gasteiger partial charge in [-0.15, -0.1) is 0 Å². The van der Waals surface area contributed by atoms with Gasteiger partial charge in [0, 0.05) is 50.7 Å². The van der Waals surface area contributed by atoms with Gasteiger partial charge in [0.05, 0.1) is 50.6 Å². The maximum Gasteiger partial charge on any atom is 0.410 e. The maximum atomic E-state index is 13.6. The topological polar surface area (TPSA) is 125 Å². The standard InChI is InChI=1S/C29H39FN4O4.C5H11NO.C2H4O2.C2H6/c1-19-15-32(11-12-33(19)27(37)38-28(2,3)4)16-25(36)34-18-29(5,6)26-24(34)14-21(23(17-35)31-26)13-20-7-9-22(30)10-8-20;1-6-2-4-7-5-3-6;1-4-2-3;1-2/h7-10,14,19,35H,11-13,15-18H2,1-6H3;2-5H2,1H3;2H,1H3;1-2H3. The maximum absolute atomic E-state index is 13.6. The van der Waals surface area contributed by atoms with Crippen molar-refractivity contribution in [2.75, 3.05) is 78.1 Å². The van der Waals surface area contributed by atoms with E-state index < -0.39 is 5.60 Å². The molecule has 5 rings (SSSR count). The molecule has 2 fully saturated rings. The molecule has 1 atom stereocenters. The molecule has 286 valence electrons. The monoisotopic (exact) mass is 717 g/mol. The number of ether oxygens (including phenoxy) is 3. The van der Waals surface area contributed by atoms with Crippen LogP contribution in [0, 0.1) is 5.82 Å². The number of aromatic nitrogens is 1. The van der Waals surface area contributed by atoms with Crippen LogP contribution in [0.1, 0.15) is 77.9 Å². The van der Waals surface area contributed by atoms with E-state index in [2.05, 4.69) is 35.4 Å². The lowest BCUT2D eigenvalue weighted by Crippen LogP contribution is -2.56. The molecule has 0 aliphatic carbocycles. The first-order valence-corrected chi connectivity index (χ1v) is 17.7.